The molecule has 4 nitrogen and oxygen atoms in total. The van der Waals surface area contributed by atoms with Crippen molar-refractivity contribution in [3.63, 3.8) is 0 Å². The van der Waals surface area contributed by atoms with E-state index in [2.05, 4.69) is 30.6 Å². The third-order valence-corrected chi connectivity index (χ3v) is 3.75. The smallest absolute Gasteiger partial charge is 0.320 e. The molecule has 3 saturated heterocycles. The molecule has 0 radical (unpaired) electrons. The highest BCUT2D eigenvalue weighted by molar-refractivity contribution is 5.75. The predicted molar refractivity (Wildman–Crippen MR) is 64.4 cm³/mol. The lowest BCUT2D eigenvalue weighted by atomic mass is 9.85. The summed E-state index contributed by atoms with van der Waals surface area (Å²) in [7, 11) is 3.66. The summed E-state index contributed by atoms with van der Waals surface area (Å²) >= 11 is 0. The van der Waals surface area contributed by atoms with Crippen molar-refractivity contribution in [3.8, 4) is 0 Å². The van der Waals surface area contributed by atoms with Gasteiger partial charge in [-0.25, -0.2) is 4.79 Å². The SMILES string of the molecule is CN(C)C(=O)N1C2CC1CN(C(C)(C)C)C2. The van der Waals surface area contributed by atoms with E-state index in [1.165, 1.54) is 6.42 Å². The van der Waals surface area contributed by atoms with Crippen molar-refractivity contribution in [1.29, 1.82) is 0 Å². The first-order chi connectivity index (χ1) is 7.30. The zero-order chi connectivity index (χ0) is 12.1. The van der Waals surface area contributed by atoms with Crippen LogP contribution in [0, 0.1) is 0 Å². The van der Waals surface area contributed by atoms with Crippen molar-refractivity contribution in [2.45, 2.75) is 44.8 Å². The van der Waals surface area contributed by atoms with E-state index in [9.17, 15) is 4.79 Å². The topological polar surface area (TPSA) is 26.8 Å². The number of amides is 2. The normalized spacial score (nSPS) is 29.9. The maximum Gasteiger partial charge on any atom is 0.320 e. The first-order valence-electron chi connectivity index (χ1n) is 6.05. The highest BCUT2D eigenvalue weighted by Crippen LogP contribution is 2.35. The Hall–Kier alpha value is -0.770. The van der Waals surface area contributed by atoms with E-state index in [0.717, 1.165) is 13.1 Å². The Bertz CT molecular complexity index is 283. The van der Waals surface area contributed by atoms with Gasteiger partial charge in [-0.3, -0.25) is 4.90 Å². The molecule has 2 bridgehead atoms. The largest absolute Gasteiger partial charge is 0.331 e. The fraction of sp³-hybridized carbons (Fsp3) is 0.917. The molecule has 0 saturated carbocycles. The van der Waals surface area contributed by atoms with E-state index in [1.54, 1.807) is 4.90 Å². The number of hydrogen-bond donors (Lipinski definition) is 0. The van der Waals surface area contributed by atoms with Crippen LogP contribution in [0.25, 0.3) is 0 Å². The number of carbonyl (C=O) groups is 1. The number of carbonyl (C=O) groups excluding carboxylic acids is 1. The Morgan fingerprint density at radius 3 is 2.06 bits per heavy atom. The number of urea groups is 1. The first-order valence-corrected chi connectivity index (χ1v) is 6.05. The van der Waals surface area contributed by atoms with Crippen molar-refractivity contribution in [3.05, 3.63) is 0 Å². The summed E-state index contributed by atoms with van der Waals surface area (Å²) in [5, 5.41) is 0. The molecule has 2 atom stereocenters. The Balaban J connectivity index is 2.00. The summed E-state index contributed by atoms with van der Waals surface area (Å²) in [5.41, 5.74) is 0.226. The van der Waals surface area contributed by atoms with Crippen molar-refractivity contribution < 1.29 is 4.79 Å². The lowest BCUT2D eigenvalue weighted by molar-refractivity contribution is -0.0717. The summed E-state index contributed by atoms with van der Waals surface area (Å²) in [5.74, 6) is 0. The average Bonchev–Trinajstić information content (AvgIpc) is 2.16. The molecule has 0 aromatic rings. The van der Waals surface area contributed by atoms with E-state index < -0.39 is 0 Å². The van der Waals surface area contributed by atoms with E-state index >= 15 is 0 Å². The number of rotatable bonds is 0. The van der Waals surface area contributed by atoms with E-state index in [0.29, 0.717) is 12.1 Å². The van der Waals surface area contributed by atoms with Crippen LogP contribution in [0.15, 0.2) is 0 Å². The summed E-state index contributed by atoms with van der Waals surface area (Å²) < 4.78 is 0. The Morgan fingerprint density at radius 2 is 1.69 bits per heavy atom. The van der Waals surface area contributed by atoms with Crippen LogP contribution < -0.4 is 0 Å². The molecule has 3 aliphatic rings. The molecule has 4 heteroatoms. The molecule has 92 valence electrons. The van der Waals surface area contributed by atoms with Crippen molar-refractivity contribution in [2.24, 2.45) is 0 Å². The van der Waals surface area contributed by atoms with Gasteiger partial charge in [0.15, 0.2) is 0 Å². The van der Waals surface area contributed by atoms with Crippen molar-refractivity contribution in [2.75, 3.05) is 27.2 Å². The Kier molecular flexibility index (Phi) is 2.65. The van der Waals surface area contributed by atoms with E-state index in [4.69, 9.17) is 0 Å². The minimum Gasteiger partial charge on any atom is -0.331 e. The second kappa shape index (κ2) is 3.62. The molecule has 0 spiro atoms. The summed E-state index contributed by atoms with van der Waals surface area (Å²) in [6, 6.07) is 1.05. The summed E-state index contributed by atoms with van der Waals surface area (Å²) in [6.07, 6.45) is 1.19. The molecule has 0 N–H and O–H groups in total. The quantitative estimate of drug-likeness (QED) is 0.620. The van der Waals surface area contributed by atoms with Crippen LogP contribution >= 0.6 is 0 Å². The molecule has 2 unspecified atom stereocenters. The molecule has 0 aliphatic carbocycles. The third-order valence-electron chi connectivity index (χ3n) is 3.75. The van der Waals surface area contributed by atoms with Crippen molar-refractivity contribution in [1.82, 2.24) is 14.7 Å². The lowest BCUT2D eigenvalue weighted by Gasteiger charge is -2.59. The molecule has 0 aromatic carbocycles. The lowest BCUT2D eigenvalue weighted by Crippen LogP contribution is -2.73. The van der Waals surface area contributed by atoms with Gasteiger partial charge in [0.05, 0.1) is 0 Å². The monoisotopic (exact) mass is 225 g/mol. The number of nitrogens with zero attached hydrogens (tertiary/aromatic N) is 3. The van der Waals surface area contributed by atoms with Gasteiger partial charge in [0.2, 0.25) is 0 Å². The van der Waals surface area contributed by atoms with Crippen LogP contribution in [0.2, 0.25) is 0 Å². The standard InChI is InChI=1S/C12H23N3O/c1-12(2,3)14-7-9-6-10(8-14)15(9)11(16)13(4)5/h9-10H,6-8H2,1-5H3. The minimum atomic E-state index is 0.176. The Labute approximate surface area is 98.2 Å². The van der Waals surface area contributed by atoms with Crippen LogP contribution in [0.5, 0.6) is 0 Å². The van der Waals surface area contributed by atoms with Gasteiger partial charge in [-0.15, -0.1) is 0 Å². The molecule has 3 fully saturated rings. The first kappa shape index (κ1) is 11.7. The van der Waals surface area contributed by atoms with Crippen LogP contribution in [-0.2, 0) is 0 Å². The minimum absolute atomic E-state index is 0.176. The maximum absolute atomic E-state index is 11.9. The number of piperidine rings is 1. The van der Waals surface area contributed by atoms with Gasteiger partial charge < -0.3 is 9.80 Å². The van der Waals surface area contributed by atoms with Crippen LogP contribution in [0.1, 0.15) is 27.2 Å². The van der Waals surface area contributed by atoms with Gasteiger partial charge >= 0.3 is 6.03 Å². The molecule has 16 heavy (non-hydrogen) atoms. The maximum atomic E-state index is 11.9. The Morgan fingerprint density at radius 1 is 1.19 bits per heavy atom. The second-order valence-corrected chi connectivity index (χ2v) is 6.20. The van der Waals surface area contributed by atoms with Crippen LogP contribution in [0.3, 0.4) is 0 Å². The second-order valence-electron chi connectivity index (χ2n) is 6.20. The van der Waals surface area contributed by atoms with Crippen LogP contribution in [-0.4, -0.2) is 65.5 Å². The predicted octanol–water partition coefficient (Wildman–Crippen LogP) is 1.22. The molecule has 2 amide bonds. The van der Waals surface area contributed by atoms with Gasteiger partial charge in [0.1, 0.15) is 0 Å². The van der Waals surface area contributed by atoms with Crippen molar-refractivity contribution >= 4 is 6.03 Å². The number of fused-ring (bicyclic) bond motifs is 2. The molecule has 0 aromatic heterocycles. The number of piperazine rings is 1. The van der Waals surface area contributed by atoms with Gasteiger partial charge in [-0.05, 0) is 27.2 Å². The third kappa shape index (κ3) is 1.79. The summed E-state index contributed by atoms with van der Waals surface area (Å²) in [4.78, 5) is 18.2. The molecule has 3 aliphatic heterocycles. The van der Waals surface area contributed by atoms with Gasteiger partial charge in [0, 0.05) is 44.8 Å². The molecular weight excluding hydrogens is 202 g/mol. The number of hydrogen-bond acceptors (Lipinski definition) is 2. The highest BCUT2D eigenvalue weighted by Gasteiger charge is 2.49. The summed E-state index contributed by atoms with van der Waals surface area (Å²) in [6.45, 7) is 8.79. The fourth-order valence-electron chi connectivity index (χ4n) is 2.70. The van der Waals surface area contributed by atoms with Crippen LogP contribution in [0.4, 0.5) is 4.79 Å². The zero-order valence-electron chi connectivity index (χ0n) is 11.0. The zero-order valence-corrected chi connectivity index (χ0v) is 11.0. The molecule has 3 rings (SSSR count). The van der Waals surface area contributed by atoms with Gasteiger partial charge in [-0.2, -0.15) is 0 Å². The average molecular weight is 225 g/mol. The van der Waals surface area contributed by atoms with E-state index in [-0.39, 0.29) is 11.6 Å². The molecule has 3 heterocycles. The molecular formula is C12H23N3O. The van der Waals surface area contributed by atoms with Gasteiger partial charge in [0.25, 0.3) is 0 Å². The van der Waals surface area contributed by atoms with E-state index in [1.807, 2.05) is 14.1 Å². The highest BCUT2D eigenvalue weighted by atomic mass is 16.2. The van der Waals surface area contributed by atoms with Gasteiger partial charge in [-0.1, -0.05) is 0 Å². The fourth-order valence-corrected chi connectivity index (χ4v) is 2.70.